The molecule has 40 heteroatoms. The molecule has 0 radical (unpaired) electrons. The van der Waals surface area contributed by atoms with Crippen molar-refractivity contribution in [3.05, 3.63) is 316 Å². The van der Waals surface area contributed by atoms with Crippen molar-refractivity contribution in [2.45, 2.75) is 94.5 Å². The summed E-state index contributed by atoms with van der Waals surface area (Å²) in [6.45, 7) is 17.0. The van der Waals surface area contributed by atoms with Gasteiger partial charge >= 0.3 is 18.0 Å². The third-order valence-corrected chi connectivity index (χ3v) is 13.8. The van der Waals surface area contributed by atoms with E-state index in [2.05, 4.69) is 45.7 Å². The summed E-state index contributed by atoms with van der Waals surface area (Å²) in [7, 11) is 2.17. The van der Waals surface area contributed by atoms with E-state index in [1.807, 2.05) is 52.1 Å². The first-order chi connectivity index (χ1) is 51.6. The smallest absolute Gasteiger partial charge is 0.573 e. The molecule has 0 aliphatic rings. The first kappa shape index (κ1) is 92.0. The minimum Gasteiger partial charge on any atom is -0.619 e. The van der Waals surface area contributed by atoms with E-state index < -0.39 is 78.1 Å². The fourth-order valence-corrected chi connectivity index (χ4v) is 8.17. The number of pyridine rings is 9. The number of carboxylic acids is 1. The summed E-state index contributed by atoms with van der Waals surface area (Å²) in [5.74, 6) is -6.68. The molecule has 0 amide bonds. The maximum atomic E-state index is 14.5. The SMILES string of the molecule is CO.COc1cnc(C(=O)C[C@@H](c2ccc(OC(F)(F)F)c(F)c2)c2ncccc2F)cc1[N+](=O)[O-].Cc1c[n+]([O-])c(C)cc1[N+](=O)[O-].Cc1ccc(C)[n+]([O-])c1.Cc1ccc(C)nc1.Cc1ccc(O)cn1.Cc1cnc(C(=O)O)cc1[N+](=O)[O-].Cc1cnc(C=O)cc1[N+](=O)[O-].Cc1cnc(CO)cc1[N+](=O)[O-]. The Morgan fingerprint density at radius 1 is 0.545 bits per heavy atom. The van der Waals surface area contributed by atoms with Gasteiger partial charge in [-0.1, -0.05) is 12.1 Å². The molecule has 35 nitrogen and oxygen atoms in total. The summed E-state index contributed by atoms with van der Waals surface area (Å²) in [5, 5.41) is 107. The van der Waals surface area contributed by atoms with Crippen molar-refractivity contribution in [1.82, 2.24) is 34.9 Å². The van der Waals surface area contributed by atoms with Gasteiger partial charge < -0.3 is 40.3 Å². The lowest BCUT2D eigenvalue weighted by Crippen LogP contribution is -2.29. The summed E-state index contributed by atoms with van der Waals surface area (Å²) >= 11 is 0. The van der Waals surface area contributed by atoms with Gasteiger partial charge in [-0.05, 0) is 115 Å². The summed E-state index contributed by atoms with van der Waals surface area (Å²) < 4.78 is 76.0. The number of alkyl halides is 3. The first-order valence-corrected chi connectivity index (χ1v) is 31.1. The molecule has 582 valence electrons. The van der Waals surface area contributed by atoms with Crippen LogP contribution in [0.4, 0.5) is 50.4 Å². The van der Waals surface area contributed by atoms with Gasteiger partial charge in [0.2, 0.25) is 5.75 Å². The quantitative estimate of drug-likeness (QED) is 0.0141. The van der Waals surface area contributed by atoms with Crippen LogP contribution in [0.15, 0.2) is 153 Å². The highest BCUT2D eigenvalue weighted by Crippen LogP contribution is 2.35. The number of ether oxygens (including phenoxy) is 2. The molecule has 9 aromatic heterocycles. The summed E-state index contributed by atoms with van der Waals surface area (Å²) in [5.41, 5.74) is 5.41. The normalized spacial score (nSPS) is 10.2. The number of aromatic nitrogens is 9. The van der Waals surface area contributed by atoms with Crippen molar-refractivity contribution in [3.63, 3.8) is 0 Å². The van der Waals surface area contributed by atoms with Gasteiger partial charge in [-0.3, -0.25) is 85.1 Å². The second-order valence-electron chi connectivity index (χ2n) is 22.2. The van der Waals surface area contributed by atoms with Crippen LogP contribution in [0.1, 0.15) is 117 Å². The molecule has 10 rings (SSSR count). The van der Waals surface area contributed by atoms with E-state index in [1.165, 1.54) is 88.8 Å². The van der Waals surface area contributed by atoms with Gasteiger partial charge in [-0.15, -0.1) is 13.2 Å². The molecular formula is C70H71F5N14O21. The Balaban J connectivity index is 0.000000455. The lowest BCUT2D eigenvalue weighted by molar-refractivity contribution is -0.613. The predicted molar refractivity (Wildman–Crippen MR) is 380 cm³/mol. The molecule has 0 saturated carbocycles. The van der Waals surface area contributed by atoms with Crippen LogP contribution in [0.2, 0.25) is 0 Å². The van der Waals surface area contributed by atoms with Crippen molar-refractivity contribution in [2.24, 2.45) is 0 Å². The van der Waals surface area contributed by atoms with Crippen LogP contribution in [-0.2, 0) is 6.61 Å². The fourth-order valence-electron chi connectivity index (χ4n) is 8.17. The maximum absolute atomic E-state index is 14.5. The number of carbonyl (C=O) groups is 3. The number of aromatic carboxylic acids is 1. The number of hydrogen-bond acceptors (Lipinski definition) is 27. The Bertz CT molecular complexity index is 4750. The number of methoxy groups -OCH3 is 1. The summed E-state index contributed by atoms with van der Waals surface area (Å²) in [4.78, 5) is 110. The molecule has 9 heterocycles. The third-order valence-electron chi connectivity index (χ3n) is 13.8. The Labute approximate surface area is 621 Å². The Kier molecular flexibility index (Phi) is 37.4. The standard InChI is InChI=1S/C21H14F5N3O5.C7H6N2O4.2C7H8N2O3.C7H6N2O3.C7H9NO.C7H9N.C6H7NO.CH4O/c1-33-19-10-28-15(9-16(19)29(31)32)17(30)8-12(20-13(22)3-2-6-27-20)11-4-5-18(14(23)7-11)34-21(24,25)26;1-4-3-8-5(7(10)11)2-6(4)9(12)13;1-5-4-8(10)6(2)3-7(5)9(11)12;2*1-5-3-8-6(4-10)2-7(5)9(11)12;1-6-3-4-7(2)8(9)5-6;1-6-3-4-7(2)8-5-6;1-5-2-3-6(8)4-7-5;1-2/h2-7,9-10,12H,8H2,1H3;2-3H,1H3,(H,10,11);3-4H,1-2H3;2-3,10H,4H2,1H3;2-4H,1H3;3-5H,1-2H3;3-5H,1-2H3;2-4,8H,1H3;2H,1H3/t12-;;;;;;;;/m0......../s1. The number of benzene rings is 1. The molecule has 1 aromatic carbocycles. The molecule has 0 aliphatic carbocycles. The van der Waals surface area contributed by atoms with E-state index in [9.17, 15) is 97.3 Å². The zero-order valence-electron chi connectivity index (χ0n) is 60.4. The van der Waals surface area contributed by atoms with Crippen LogP contribution < -0.4 is 18.9 Å². The third kappa shape index (κ3) is 30.9. The number of rotatable bonds is 15. The Morgan fingerprint density at radius 2 is 1.05 bits per heavy atom. The molecule has 4 N–H and O–H groups in total. The minimum atomic E-state index is -5.14. The number of ketones is 1. The molecular weight excluding hydrogens is 1470 g/mol. The van der Waals surface area contributed by atoms with E-state index in [0.717, 1.165) is 71.0 Å². The van der Waals surface area contributed by atoms with Crippen LogP contribution in [0, 0.1) is 142 Å². The van der Waals surface area contributed by atoms with Gasteiger partial charge in [-0.2, -0.15) is 9.46 Å². The number of aryl methyl sites for hydroxylation is 10. The number of aliphatic hydroxyl groups excluding tert-OH is 2. The molecule has 110 heavy (non-hydrogen) atoms. The van der Waals surface area contributed by atoms with Crippen molar-refractivity contribution < 1.29 is 100 Å². The second-order valence-corrected chi connectivity index (χ2v) is 22.2. The lowest BCUT2D eigenvalue weighted by atomic mass is 9.89. The van der Waals surface area contributed by atoms with Gasteiger partial charge in [0.15, 0.2) is 53.1 Å². The van der Waals surface area contributed by atoms with Gasteiger partial charge in [-0.25, -0.2) is 23.5 Å². The molecule has 0 spiro atoms. The summed E-state index contributed by atoms with van der Waals surface area (Å²) in [6, 6.07) is 21.4. The number of aliphatic hydroxyl groups is 2. The topological polar surface area (TPSA) is 510 Å². The number of carbonyl (C=O) groups excluding carboxylic acids is 2. The van der Waals surface area contributed by atoms with E-state index in [-0.39, 0.29) is 69.2 Å². The fraction of sp³-hybridized carbons (Fsp3) is 0.229. The van der Waals surface area contributed by atoms with E-state index in [0.29, 0.717) is 56.8 Å². The molecule has 0 unspecified atom stereocenters. The first-order valence-electron chi connectivity index (χ1n) is 31.1. The van der Waals surface area contributed by atoms with Gasteiger partial charge in [0, 0.05) is 128 Å². The highest BCUT2D eigenvalue weighted by Gasteiger charge is 2.33. The highest BCUT2D eigenvalue weighted by molar-refractivity contribution is 5.95. The van der Waals surface area contributed by atoms with Crippen LogP contribution in [-0.4, -0.2) is 119 Å². The Morgan fingerprint density at radius 3 is 1.52 bits per heavy atom. The number of halogens is 5. The largest absolute Gasteiger partial charge is 0.619 e. The van der Waals surface area contributed by atoms with Gasteiger partial charge in [0.25, 0.3) is 22.7 Å². The summed E-state index contributed by atoms with van der Waals surface area (Å²) in [6.07, 6.45) is 6.85. The zero-order chi connectivity index (χ0) is 83.4. The number of hydrogen-bond donors (Lipinski definition) is 4. The molecule has 0 bridgehead atoms. The number of nitrogens with zero attached hydrogens (tertiary/aromatic N) is 14. The Hall–Kier alpha value is -14.1. The molecule has 0 fully saturated rings. The molecule has 10 aromatic rings. The van der Waals surface area contributed by atoms with Gasteiger partial charge in [0.05, 0.1) is 73.7 Å². The van der Waals surface area contributed by atoms with Crippen molar-refractivity contribution in [1.29, 1.82) is 0 Å². The number of Topliss-reactive ketones (excluding diaryl/α,β-unsaturated/α-hetero) is 1. The van der Waals surface area contributed by atoms with Crippen LogP contribution in [0.3, 0.4) is 0 Å². The van der Waals surface area contributed by atoms with Crippen molar-refractivity contribution in [3.8, 4) is 17.2 Å². The average Bonchev–Trinajstić information content (AvgIpc) is 0.799. The van der Waals surface area contributed by atoms with E-state index in [1.54, 1.807) is 39.1 Å². The monoisotopic (exact) mass is 1540 g/mol. The second kappa shape index (κ2) is 44.7. The highest BCUT2D eigenvalue weighted by atomic mass is 19.4. The van der Waals surface area contributed by atoms with Crippen LogP contribution in [0.25, 0.3) is 0 Å². The minimum absolute atomic E-state index is 0.00551. The maximum Gasteiger partial charge on any atom is 0.573 e. The zero-order valence-corrected chi connectivity index (χ0v) is 60.4. The van der Waals surface area contributed by atoms with Crippen molar-refractivity contribution in [2.75, 3.05) is 14.2 Å². The van der Waals surface area contributed by atoms with Crippen LogP contribution >= 0.6 is 0 Å². The number of aldehydes is 1. The molecule has 0 aliphatic heterocycles. The van der Waals surface area contributed by atoms with Crippen LogP contribution in [0.5, 0.6) is 17.2 Å². The van der Waals surface area contributed by atoms with Gasteiger partial charge in [0.1, 0.15) is 23.0 Å². The number of nitro groups is 5. The average molecular weight is 1540 g/mol. The number of aromatic hydroxyl groups is 1. The molecule has 1 atom stereocenters. The number of carboxylic acid groups (broad SMARTS) is 1. The molecule has 0 saturated heterocycles. The van der Waals surface area contributed by atoms with E-state index >= 15 is 0 Å². The van der Waals surface area contributed by atoms with Crippen molar-refractivity contribution >= 4 is 46.5 Å². The van der Waals surface area contributed by atoms with E-state index in [4.69, 9.17) is 25.2 Å². The predicted octanol–water partition coefficient (Wildman–Crippen LogP) is 12.1. The lowest BCUT2D eigenvalue weighted by Gasteiger charge is -2.18.